The molecule has 1 aromatic heterocycles. The van der Waals surface area contributed by atoms with E-state index in [9.17, 15) is 4.79 Å². The van der Waals surface area contributed by atoms with Crippen molar-refractivity contribution in [1.29, 1.82) is 0 Å². The first-order chi connectivity index (χ1) is 12.1. The van der Waals surface area contributed by atoms with Crippen molar-refractivity contribution < 1.29 is 9.53 Å². The second kappa shape index (κ2) is 8.01. The summed E-state index contributed by atoms with van der Waals surface area (Å²) in [6.07, 6.45) is 4.68. The number of carbonyl (C=O) groups excluding carboxylic acids is 1. The molecular formula is C20H25N3O2. The van der Waals surface area contributed by atoms with Crippen molar-refractivity contribution in [2.45, 2.75) is 26.2 Å². The minimum absolute atomic E-state index is 0.0722. The van der Waals surface area contributed by atoms with E-state index in [2.05, 4.69) is 22.1 Å². The SMILES string of the molecule is COc1ccc(CC(=O)Nc2ccc(N3CCCC(C)C3)cn2)cc1. The Labute approximate surface area is 149 Å². The number of rotatable bonds is 5. The Balaban J connectivity index is 1.56. The van der Waals surface area contributed by atoms with Crippen molar-refractivity contribution in [3.63, 3.8) is 0 Å². The van der Waals surface area contributed by atoms with Crippen molar-refractivity contribution in [3.05, 3.63) is 48.2 Å². The maximum Gasteiger partial charge on any atom is 0.229 e. The van der Waals surface area contributed by atoms with E-state index in [0.29, 0.717) is 12.2 Å². The van der Waals surface area contributed by atoms with Crippen LogP contribution < -0.4 is 15.0 Å². The van der Waals surface area contributed by atoms with Gasteiger partial charge in [0.2, 0.25) is 5.91 Å². The highest BCUT2D eigenvalue weighted by molar-refractivity contribution is 5.91. The lowest BCUT2D eigenvalue weighted by atomic mass is 10.00. The van der Waals surface area contributed by atoms with Crippen LogP contribution in [0.4, 0.5) is 11.5 Å². The highest BCUT2D eigenvalue weighted by atomic mass is 16.5. The summed E-state index contributed by atoms with van der Waals surface area (Å²) in [5.41, 5.74) is 2.07. The number of nitrogens with one attached hydrogen (secondary N) is 1. The van der Waals surface area contributed by atoms with Crippen molar-refractivity contribution in [2.24, 2.45) is 5.92 Å². The molecule has 1 atom stereocenters. The number of nitrogens with zero attached hydrogens (tertiary/aromatic N) is 2. The summed E-state index contributed by atoms with van der Waals surface area (Å²) < 4.78 is 5.12. The molecule has 1 aromatic carbocycles. The van der Waals surface area contributed by atoms with Crippen molar-refractivity contribution in [3.8, 4) is 5.75 Å². The molecule has 0 bridgehead atoms. The number of amides is 1. The molecule has 0 saturated carbocycles. The van der Waals surface area contributed by atoms with Gasteiger partial charge in [0.25, 0.3) is 0 Å². The van der Waals surface area contributed by atoms with Gasteiger partial charge in [-0.3, -0.25) is 4.79 Å². The van der Waals surface area contributed by atoms with E-state index >= 15 is 0 Å². The lowest BCUT2D eigenvalue weighted by Gasteiger charge is -2.32. The van der Waals surface area contributed by atoms with Crippen LogP contribution in [0.3, 0.4) is 0 Å². The van der Waals surface area contributed by atoms with Crippen LogP contribution in [0.1, 0.15) is 25.3 Å². The quantitative estimate of drug-likeness (QED) is 0.906. The van der Waals surface area contributed by atoms with Gasteiger partial charge in [0, 0.05) is 13.1 Å². The Morgan fingerprint density at radius 3 is 2.72 bits per heavy atom. The average molecular weight is 339 g/mol. The van der Waals surface area contributed by atoms with Gasteiger partial charge in [-0.25, -0.2) is 4.98 Å². The van der Waals surface area contributed by atoms with Crippen LogP contribution in [-0.2, 0) is 11.2 Å². The third-order valence-corrected chi connectivity index (χ3v) is 4.56. The van der Waals surface area contributed by atoms with Crippen LogP contribution in [0.25, 0.3) is 0 Å². The van der Waals surface area contributed by atoms with E-state index in [1.807, 2.05) is 42.6 Å². The van der Waals surface area contributed by atoms with Gasteiger partial charge >= 0.3 is 0 Å². The van der Waals surface area contributed by atoms with Gasteiger partial charge in [0.15, 0.2) is 0 Å². The van der Waals surface area contributed by atoms with Crippen LogP contribution in [0.15, 0.2) is 42.6 Å². The highest BCUT2D eigenvalue weighted by Gasteiger charge is 2.16. The van der Waals surface area contributed by atoms with Crippen LogP contribution in [0.2, 0.25) is 0 Å². The van der Waals surface area contributed by atoms with Gasteiger partial charge in [-0.15, -0.1) is 0 Å². The first-order valence-electron chi connectivity index (χ1n) is 8.78. The Bertz CT molecular complexity index is 698. The smallest absolute Gasteiger partial charge is 0.229 e. The number of methoxy groups -OCH3 is 1. The fourth-order valence-electron chi connectivity index (χ4n) is 3.19. The van der Waals surface area contributed by atoms with Crippen molar-refractivity contribution in [1.82, 2.24) is 4.98 Å². The third-order valence-electron chi connectivity index (χ3n) is 4.56. The Morgan fingerprint density at radius 2 is 2.08 bits per heavy atom. The van der Waals surface area contributed by atoms with E-state index in [-0.39, 0.29) is 5.91 Å². The Kier molecular flexibility index (Phi) is 5.53. The number of piperidine rings is 1. The fourth-order valence-corrected chi connectivity index (χ4v) is 3.19. The largest absolute Gasteiger partial charge is 0.497 e. The molecule has 1 unspecified atom stereocenters. The summed E-state index contributed by atoms with van der Waals surface area (Å²) >= 11 is 0. The predicted octanol–water partition coefficient (Wildman–Crippen LogP) is 3.51. The minimum atomic E-state index is -0.0722. The Morgan fingerprint density at radius 1 is 1.28 bits per heavy atom. The monoisotopic (exact) mass is 339 g/mol. The lowest BCUT2D eigenvalue weighted by molar-refractivity contribution is -0.115. The standard InChI is InChI=1S/C20H25N3O2/c1-15-4-3-11-23(14-15)17-7-10-19(21-13-17)22-20(24)12-16-5-8-18(25-2)9-6-16/h5-10,13,15H,3-4,11-12,14H2,1-2H3,(H,21,22,24). The van der Waals surface area contributed by atoms with Crippen molar-refractivity contribution >= 4 is 17.4 Å². The van der Waals surface area contributed by atoms with Gasteiger partial charge in [0.1, 0.15) is 11.6 Å². The molecule has 1 N–H and O–H groups in total. The maximum absolute atomic E-state index is 12.2. The first kappa shape index (κ1) is 17.3. The molecule has 5 heteroatoms. The number of benzene rings is 1. The molecule has 1 aliphatic rings. The second-order valence-electron chi connectivity index (χ2n) is 6.67. The molecule has 2 heterocycles. The molecule has 3 rings (SSSR count). The van der Waals surface area contributed by atoms with Gasteiger partial charge < -0.3 is 15.0 Å². The normalized spacial score (nSPS) is 17.2. The number of hydrogen-bond acceptors (Lipinski definition) is 4. The second-order valence-corrected chi connectivity index (χ2v) is 6.67. The molecule has 0 spiro atoms. The summed E-state index contributed by atoms with van der Waals surface area (Å²) in [5.74, 6) is 2.02. The number of anilines is 2. The zero-order chi connectivity index (χ0) is 17.6. The van der Waals surface area contributed by atoms with E-state index < -0.39 is 0 Å². The molecule has 132 valence electrons. The van der Waals surface area contributed by atoms with E-state index in [1.165, 1.54) is 12.8 Å². The predicted molar refractivity (Wildman–Crippen MR) is 100 cm³/mol. The number of ether oxygens (including phenoxy) is 1. The van der Waals surface area contributed by atoms with Gasteiger partial charge in [-0.2, -0.15) is 0 Å². The van der Waals surface area contributed by atoms with Crippen LogP contribution in [0, 0.1) is 5.92 Å². The molecule has 1 amide bonds. The van der Waals surface area contributed by atoms with E-state index in [1.54, 1.807) is 7.11 Å². The zero-order valence-corrected chi connectivity index (χ0v) is 14.9. The number of aromatic nitrogens is 1. The molecule has 0 aliphatic carbocycles. The number of hydrogen-bond donors (Lipinski definition) is 1. The van der Waals surface area contributed by atoms with Crippen LogP contribution >= 0.6 is 0 Å². The average Bonchev–Trinajstić information content (AvgIpc) is 2.63. The number of pyridine rings is 1. The number of carbonyl (C=O) groups is 1. The fraction of sp³-hybridized carbons (Fsp3) is 0.400. The summed E-state index contributed by atoms with van der Waals surface area (Å²) in [6, 6.07) is 11.4. The Hall–Kier alpha value is -2.56. The molecule has 5 nitrogen and oxygen atoms in total. The van der Waals surface area contributed by atoms with Gasteiger partial charge in [0.05, 0.1) is 25.4 Å². The highest BCUT2D eigenvalue weighted by Crippen LogP contribution is 2.23. The molecule has 0 radical (unpaired) electrons. The molecule has 1 fully saturated rings. The molecule has 2 aromatic rings. The minimum Gasteiger partial charge on any atom is -0.497 e. The molecular weight excluding hydrogens is 314 g/mol. The summed E-state index contributed by atoms with van der Waals surface area (Å²) in [7, 11) is 1.63. The molecule has 1 saturated heterocycles. The summed E-state index contributed by atoms with van der Waals surface area (Å²) in [6.45, 7) is 4.44. The van der Waals surface area contributed by atoms with Crippen LogP contribution in [-0.4, -0.2) is 31.1 Å². The maximum atomic E-state index is 12.2. The van der Waals surface area contributed by atoms with E-state index in [0.717, 1.165) is 36.0 Å². The lowest BCUT2D eigenvalue weighted by Crippen LogP contribution is -2.34. The topological polar surface area (TPSA) is 54.5 Å². The van der Waals surface area contributed by atoms with Crippen molar-refractivity contribution in [2.75, 3.05) is 30.4 Å². The van der Waals surface area contributed by atoms with Gasteiger partial charge in [-0.1, -0.05) is 19.1 Å². The zero-order valence-electron chi connectivity index (χ0n) is 14.9. The third kappa shape index (κ3) is 4.72. The van der Waals surface area contributed by atoms with E-state index in [4.69, 9.17) is 4.74 Å². The summed E-state index contributed by atoms with van der Waals surface area (Å²) in [5, 5.41) is 2.86. The summed E-state index contributed by atoms with van der Waals surface area (Å²) in [4.78, 5) is 18.9. The van der Waals surface area contributed by atoms with Gasteiger partial charge in [-0.05, 0) is 48.6 Å². The van der Waals surface area contributed by atoms with Crippen LogP contribution in [0.5, 0.6) is 5.75 Å². The first-order valence-corrected chi connectivity index (χ1v) is 8.78. The molecule has 25 heavy (non-hydrogen) atoms. The molecule has 1 aliphatic heterocycles.